The summed E-state index contributed by atoms with van der Waals surface area (Å²) in [6.45, 7) is 9.56. The lowest BCUT2D eigenvalue weighted by Crippen LogP contribution is -2.17. The Balaban J connectivity index is 1.97. The minimum absolute atomic E-state index is 0.388. The van der Waals surface area contributed by atoms with E-state index >= 15 is 0 Å². The maximum Gasteiger partial charge on any atom is -0.0160 e. The Morgan fingerprint density at radius 1 is 0.708 bits per heavy atom. The lowest BCUT2D eigenvalue weighted by Gasteiger charge is -2.31. The highest BCUT2D eigenvalue weighted by atomic mass is 14.3. The Morgan fingerprint density at radius 2 is 1.17 bits per heavy atom. The fourth-order valence-corrected chi connectivity index (χ4v) is 3.89. The summed E-state index contributed by atoms with van der Waals surface area (Å²) >= 11 is 0. The molecule has 2 aromatic carbocycles. The first kappa shape index (κ1) is 18.8. The smallest absolute Gasteiger partial charge is 0.0160 e. The van der Waals surface area contributed by atoms with Gasteiger partial charge in [0.1, 0.15) is 0 Å². The van der Waals surface area contributed by atoms with Gasteiger partial charge >= 0.3 is 0 Å². The normalized spacial score (nSPS) is 14.3. The highest BCUT2D eigenvalue weighted by Gasteiger charge is 2.24. The summed E-state index contributed by atoms with van der Waals surface area (Å²) in [7, 11) is 0. The maximum absolute atomic E-state index is 2.45. The molecule has 0 nitrogen and oxygen atoms in total. The van der Waals surface area contributed by atoms with Crippen molar-refractivity contribution in [2.45, 2.75) is 71.6 Å². The van der Waals surface area contributed by atoms with Crippen molar-refractivity contribution < 1.29 is 0 Å². The van der Waals surface area contributed by atoms with Crippen molar-refractivity contribution in [3.8, 4) is 0 Å². The van der Waals surface area contributed by atoms with Gasteiger partial charge in [-0.2, -0.15) is 0 Å². The quantitative estimate of drug-likeness (QED) is 0.446. The van der Waals surface area contributed by atoms with E-state index in [1.807, 2.05) is 0 Å². The van der Waals surface area contributed by atoms with E-state index in [9.17, 15) is 0 Å². The molecular formula is C24H34. The van der Waals surface area contributed by atoms with Gasteiger partial charge in [-0.15, -0.1) is 0 Å². The van der Waals surface area contributed by atoms with Crippen LogP contribution < -0.4 is 0 Å². The van der Waals surface area contributed by atoms with E-state index < -0.39 is 0 Å². The molecular weight excluding hydrogens is 288 g/mol. The predicted molar refractivity (Wildman–Crippen MR) is 107 cm³/mol. The minimum atomic E-state index is 0.388. The van der Waals surface area contributed by atoms with Gasteiger partial charge in [0.05, 0.1) is 0 Å². The third kappa shape index (κ3) is 5.51. The summed E-state index contributed by atoms with van der Waals surface area (Å²) in [5.74, 6) is 1.38. The maximum atomic E-state index is 2.45. The third-order valence-corrected chi connectivity index (χ3v) is 5.50. The standard InChI is InChI=1S/C24H34/c1-5-20(22-13-9-7-10-14-22)17-18-24(3,4)19-21(6-2)23-15-11-8-12-16-23/h7-16,20-21H,5-6,17-19H2,1-4H3. The van der Waals surface area contributed by atoms with Gasteiger partial charge in [0, 0.05) is 0 Å². The van der Waals surface area contributed by atoms with Crippen molar-refractivity contribution in [2.75, 3.05) is 0 Å². The van der Waals surface area contributed by atoms with E-state index in [-0.39, 0.29) is 0 Å². The Kier molecular flexibility index (Phi) is 7.09. The molecule has 0 fully saturated rings. The molecule has 2 aromatic rings. The molecule has 2 rings (SSSR count). The zero-order chi connectivity index (χ0) is 17.4. The molecule has 0 N–H and O–H groups in total. The number of benzene rings is 2. The van der Waals surface area contributed by atoms with Crippen molar-refractivity contribution >= 4 is 0 Å². The molecule has 0 aliphatic rings. The van der Waals surface area contributed by atoms with Crippen LogP contribution >= 0.6 is 0 Å². The Morgan fingerprint density at radius 3 is 1.62 bits per heavy atom. The molecule has 0 radical (unpaired) electrons. The first-order valence-electron chi connectivity index (χ1n) is 9.65. The van der Waals surface area contributed by atoms with Gasteiger partial charge in [-0.3, -0.25) is 0 Å². The number of hydrogen-bond acceptors (Lipinski definition) is 0. The second-order valence-corrected chi connectivity index (χ2v) is 7.94. The molecule has 0 saturated carbocycles. The average Bonchev–Trinajstić information content (AvgIpc) is 2.62. The van der Waals surface area contributed by atoms with Gasteiger partial charge in [0.2, 0.25) is 0 Å². The molecule has 0 aliphatic carbocycles. The van der Waals surface area contributed by atoms with Crippen LogP contribution in [0.15, 0.2) is 60.7 Å². The average molecular weight is 323 g/mol. The minimum Gasteiger partial charge on any atom is -0.0648 e. The van der Waals surface area contributed by atoms with Crippen molar-refractivity contribution in [3.63, 3.8) is 0 Å². The fourth-order valence-electron chi connectivity index (χ4n) is 3.89. The van der Waals surface area contributed by atoms with Crippen molar-refractivity contribution in [3.05, 3.63) is 71.8 Å². The number of rotatable bonds is 9. The van der Waals surface area contributed by atoms with Gasteiger partial charge in [0.25, 0.3) is 0 Å². The monoisotopic (exact) mass is 322 g/mol. The van der Waals surface area contributed by atoms with Crippen molar-refractivity contribution in [1.82, 2.24) is 0 Å². The second-order valence-electron chi connectivity index (χ2n) is 7.94. The molecule has 24 heavy (non-hydrogen) atoms. The zero-order valence-electron chi connectivity index (χ0n) is 16.0. The Bertz CT molecular complexity index is 568. The van der Waals surface area contributed by atoms with Crippen LogP contribution in [0, 0.1) is 5.41 Å². The van der Waals surface area contributed by atoms with E-state index in [2.05, 4.69) is 88.4 Å². The topological polar surface area (TPSA) is 0 Å². The summed E-state index contributed by atoms with van der Waals surface area (Å²) in [5, 5.41) is 0. The first-order chi connectivity index (χ1) is 11.6. The van der Waals surface area contributed by atoms with Crippen LogP contribution in [-0.2, 0) is 0 Å². The molecule has 2 unspecified atom stereocenters. The van der Waals surface area contributed by atoms with E-state index in [0.29, 0.717) is 17.3 Å². The summed E-state index contributed by atoms with van der Waals surface area (Å²) in [4.78, 5) is 0. The van der Waals surface area contributed by atoms with Crippen LogP contribution in [0.25, 0.3) is 0 Å². The van der Waals surface area contributed by atoms with Crippen molar-refractivity contribution in [1.29, 1.82) is 0 Å². The van der Waals surface area contributed by atoms with Gasteiger partial charge in [-0.1, -0.05) is 88.4 Å². The van der Waals surface area contributed by atoms with E-state index in [0.717, 1.165) is 0 Å². The molecule has 0 aromatic heterocycles. The van der Waals surface area contributed by atoms with Gasteiger partial charge in [-0.25, -0.2) is 0 Å². The molecule has 2 atom stereocenters. The van der Waals surface area contributed by atoms with Crippen LogP contribution in [0.5, 0.6) is 0 Å². The molecule has 0 heteroatoms. The third-order valence-electron chi connectivity index (χ3n) is 5.50. The van der Waals surface area contributed by atoms with Crippen LogP contribution in [-0.4, -0.2) is 0 Å². The van der Waals surface area contributed by atoms with Gasteiger partial charge in [-0.05, 0) is 60.5 Å². The summed E-state index contributed by atoms with van der Waals surface area (Å²) < 4.78 is 0. The van der Waals surface area contributed by atoms with Crippen molar-refractivity contribution in [2.24, 2.45) is 5.41 Å². The molecule has 0 amide bonds. The van der Waals surface area contributed by atoms with Gasteiger partial charge < -0.3 is 0 Å². The molecule has 0 aliphatic heterocycles. The summed E-state index contributed by atoms with van der Waals surface area (Å²) in [6.07, 6.45) is 6.32. The lowest BCUT2D eigenvalue weighted by molar-refractivity contribution is 0.261. The molecule has 0 heterocycles. The summed E-state index contributed by atoms with van der Waals surface area (Å²) in [6, 6.07) is 22.1. The molecule has 130 valence electrons. The first-order valence-corrected chi connectivity index (χ1v) is 9.65. The molecule has 0 saturated heterocycles. The van der Waals surface area contributed by atoms with Crippen LogP contribution in [0.4, 0.5) is 0 Å². The predicted octanol–water partition coefficient (Wildman–Crippen LogP) is 7.57. The lowest BCUT2D eigenvalue weighted by atomic mass is 9.74. The highest BCUT2D eigenvalue weighted by molar-refractivity contribution is 5.20. The van der Waals surface area contributed by atoms with Crippen LogP contribution in [0.1, 0.15) is 82.8 Å². The summed E-state index contributed by atoms with van der Waals surface area (Å²) in [5.41, 5.74) is 3.40. The zero-order valence-corrected chi connectivity index (χ0v) is 16.0. The highest BCUT2D eigenvalue weighted by Crippen LogP contribution is 2.39. The van der Waals surface area contributed by atoms with E-state index in [1.54, 1.807) is 0 Å². The Hall–Kier alpha value is -1.56. The fraction of sp³-hybridized carbons (Fsp3) is 0.500. The largest absolute Gasteiger partial charge is 0.0648 e. The van der Waals surface area contributed by atoms with E-state index in [4.69, 9.17) is 0 Å². The molecule has 0 bridgehead atoms. The Labute approximate surface area is 149 Å². The van der Waals surface area contributed by atoms with Crippen LogP contribution in [0.3, 0.4) is 0 Å². The molecule has 0 spiro atoms. The van der Waals surface area contributed by atoms with Crippen LogP contribution in [0.2, 0.25) is 0 Å². The SMILES string of the molecule is CCC(CCC(C)(C)CC(CC)c1ccccc1)c1ccccc1. The number of hydrogen-bond donors (Lipinski definition) is 0. The second kappa shape index (κ2) is 9.06. The van der Waals surface area contributed by atoms with E-state index in [1.165, 1.54) is 43.2 Å². The van der Waals surface area contributed by atoms with Gasteiger partial charge in [0.15, 0.2) is 0 Å².